The second-order valence-electron chi connectivity index (χ2n) is 6.38. The molecule has 4 aromatic rings. The van der Waals surface area contributed by atoms with Gasteiger partial charge in [-0.1, -0.05) is 30.3 Å². The first-order chi connectivity index (χ1) is 13.8. The fourth-order valence-corrected chi connectivity index (χ4v) is 3.19. The number of fused-ring (bicyclic) bond motifs is 1. The highest BCUT2D eigenvalue weighted by atomic mass is 16.2. The Hall–Kier alpha value is -3.89. The number of nitrogens with one attached hydrogen (secondary N) is 1. The third-order valence-corrected chi connectivity index (χ3v) is 4.63. The van der Waals surface area contributed by atoms with E-state index < -0.39 is 0 Å². The Morgan fingerprint density at radius 1 is 1.11 bits per heavy atom. The first kappa shape index (κ1) is 16.3. The Morgan fingerprint density at radius 2 is 2.00 bits per heavy atom. The Labute approximate surface area is 159 Å². The fourth-order valence-electron chi connectivity index (χ4n) is 3.19. The molecule has 1 aliphatic rings. The maximum absolute atomic E-state index is 12.8. The Kier molecular flexibility index (Phi) is 3.89. The van der Waals surface area contributed by atoms with Crippen molar-refractivity contribution in [2.45, 2.75) is 13.0 Å². The van der Waals surface area contributed by atoms with Crippen LogP contribution in [-0.2, 0) is 13.0 Å². The number of tetrazole rings is 1. The van der Waals surface area contributed by atoms with Crippen LogP contribution in [-0.4, -0.2) is 69.1 Å². The van der Waals surface area contributed by atoms with Gasteiger partial charge in [-0.3, -0.25) is 9.89 Å². The molecule has 1 N–H and O–H groups in total. The molecule has 0 saturated carbocycles. The van der Waals surface area contributed by atoms with E-state index in [0.717, 1.165) is 17.2 Å². The van der Waals surface area contributed by atoms with Crippen LogP contribution in [0.15, 0.2) is 42.7 Å². The van der Waals surface area contributed by atoms with Crippen LogP contribution in [0, 0.1) is 0 Å². The predicted octanol–water partition coefficient (Wildman–Crippen LogP) is 0.342. The van der Waals surface area contributed by atoms with Gasteiger partial charge in [0.2, 0.25) is 0 Å². The molecule has 0 spiro atoms. The zero-order valence-electron chi connectivity index (χ0n) is 14.8. The molecule has 0 fully saturated rings. The summed E-state index contributed by atoms with van der Waals surface area (Å²) in [5.41, 5.74) is 1.38. The zero-order chi connectivity index (χ0) is 18.9. The molecule has 1 amide bonds. The van der Waals surface area contributed by atoms with E-state index in [4.69, 9.17) is 0 Å². The predicted molar refractivity (Wildman–Crippen MR) is 96.4 cm³/mol. The van der Waals surface area contributed by atoms with Crippen LogP contribution < -0.4 is 0 Å². The van der Waals surface area contributed by atoms with Gasteiger partial charge in [0, 0.05) is 31.1 Å². The quantitative estimate of drug-likeness (QED) is 0.547. The number of carbonyl (C=O) groups is 1. The molecule has 0 aliphatic carbocycles. The standard InChI is InChI=1S/C17H16N10O/c28-17(13-10-15(21-20-13)27-11-18-23-24-27)25-7-6-14-19-16(22-26(14)9-8-25)12-4-2-1-3-5-12/h1-5,10-11H,6-9H2,(H,20,21). The van der Waals surface area contributed by atoms with Crippen molar-refractivity contribution in [1.82, 2.24) is 50.1 Å². The lowest BCUT2D eigenvalue weighted by atomic mass is 10.2. The molecule has 140 valence electrons. The number of H-pyrrole nitrogens is 1. The van der Waals surface area contributed by atoms with Gasteiger partial charge in [-0.25, -0.2) is 9.67 Å². The van der Waals surface area contributed by atoms with Gasteiger partial charge >= 0.3 is 0 Å². The summed E-state index contributed by atoms with van der Waals surface area (Å²) in [6, 6.07) is 11.5. The minimum absolute atomic E-state index is 0.124. The summed E-state index contributed by atoms with van der Waals surface area (Å²) < 4.78 is 3.27. The molecule has 0 atom stereocenters. The minimum Gasteiger partial charge on any atom is -0.335 e. The highest BCUT2D eigenvalue weighted by molar-refractivity contribution is 5.92. The summed E-state index contributed by atoms with van der Waals surface area (Å²) in [4.78, 5) is 19.3. The Morgan fingerprint density at radius 3 is 2.82 bits per heavy atom. The van der Waals surface area contributed by atoms with Gasteiger partial charge in [0.05, 0.1) is 6.54 Å². The SMILES string of the molecule is O=C(c1cc(-n2cnnn2)n[nH]1)N1CCc2nc(-c3ccccc3)nn2CC1. The summed E-state index contributed by atoms with van der Waals surface area (Å²) in [6.45, 7) is 1.70. The van der Waals surface area contributed by atoms with Crippen LogP contribution in [0.1, 0.15) is 16.3 Å². The maximum atomic E-state index is 12.8. The van der Waals surface area contributed by atoms with Crippen molar-refractivity contribution in [2.75, 3.05) is 13.1 Å². The van der Waals surface area contributed by atoms with Gasteiger partial charge in [-0.15, -0.1) is 5.10 Å². The van der Waals surface area contributed by atoms with E-state index >= 15 is 0 Å². The van der Waals surface area contributed by atoms with E-state index in [9.17, 15) is 4.79 Å². The van der Waals surface area contributed by atoms with Crippen molar-refractivity contribution in [1.29, 1.82) is 0 Å². The molecular formula is C17H16N10O. The molecule has 28 heavy (non-hydrogen) atoms. The molecular weight excluding hydrogens is 360 g/mol. The Bertz CT molecular complexity index is 1070. The maximum Gasteiger partial charge on any atom is 0.272 e. The van der Waals surface area contributed by atoms with Crippen molar-refractivity contribution in [3.05, 3.63) is 54.2 Å². The average Bonchev–Trinajstić information content (AvgIpc) is 3.47. The van der Waals surface area contributed by atoms with Crippen LogP contribution in [0.3, 0.4) is 0 Å². The van der Waals surface area contributed by atoms with Crippen LogP contribution in [0.2, 0.25) is 0 Å². The first-order valence-corrected chi connectivity index (χ1v) is 8.85. The highest BCUT2D eigenvalue weighted by Gasteiger charge is 2.23. The second-order valence-corrected chi connectivity index (χ2v) is 6.38. The van der Waals surface area contributed by atoms with Crippen LogP contribution in [0.4, 0.5) is 0 Å². The number of nitrogens with zero attached hydrogens (tertiary/aromatic N) is 9. The highest BCUT2D eigenvalue weighted by Crippen LogP contribution is 2.17. The van der Waals surface area contributed by atoms with Gasteiger partial charge in [0.25, 0.3) is 5.91 Å². The molecule has 0 saturated heterocycles. The van der Waals surface area contributed by atoms with E-state index in [1.165, 1.54) is 11.0 Å². The number of hydrogen-bond acceptors (Lipinski definition) is 7. The Balaban J connectivity index is 1.31. The topological polar surface area (TPSA) is 123 Å². The third-order valence-electron chi connectivity index (χ3n) is 4.63. The number of hydrogen-bond donors (Lipinski definition) is 1. The van der Waals surface area contributed by atoms with Crippen LogP contribution in [0.5, 0.6) is 0 Å². The smallest absolute Gasteiger partial charge is 0.272 e. The van der Waals surface area contributed by atoms with E-state index in [1.54, 1.807) is 11.0 Å². The van der Waals surface area contributed by atoms with Crippen LogP contribution in [0.25, 0.3) is 17.2 Å². The second kappa shape index (κ2) is 6.68. The molecule has 11 heteroatoms. The normalized spacial score (nSPS) is 13.9. The number of carbonyl (C=O) groups excluding carboxylic acids is 1. The molecule has 0 unspecified atom stereocenters. The van der Waals surface area contributed by atoms with Crippen molar-refractivity contribution in [3.63, 3.8) is 0 Å². The van der Waals surface area contributed by atoms with Gasteiger partial charge in [-0.2, -0.15) is 14.9 Å². The number of amides is 1. The number of aromatic amines is 1. The summed E-state index contributed by atoms with van der Waals surface area (Å²) in [5.74, 6) is 1.94. The van der Waals surface area contributed by atoms with E-state index in [-0.39, 0.29) is 5.91 Å². The van der Waals surface area contributed by atoms with Gasteiger partial charge in [-0.05, 0) is 10.4 Å². The van der Waals surface area contributed by atoms with Gasteiger partial charge in [0.15, 0.2) is 11.6 Å². The fraction of sp³-hybridized carbons (Fsp3) is 0.235. The molecule has 11 nitrogen and oxygen atoms in total. The molecule has 0 radical (unpaired) electrons. The van der Waals surface area contributed by atoms with Gasteiger partial charge < -0.3 is 4.90 Å². The number of benzene rings is 1. The molecule has 3 aromatic heterocycles. The third kappa shape index (κ3) is 2.92. The summed E-state index contributed by atoms with van der Waals surface area (Å²) in [6.07, 6.45) is 2.06. The van der Waals surface area contributed by atoms with Crippen molar-refractivity contribution < 1.29 is 4.79 Å². The van der Waals surface area contributed by atoms with Gasteiger partial charge in [0.1, 0.15) is 17.8 Å². The molecule has 0 bridgehead atoms. The van der Waals surface area contributed by atoms with E-state index in [1.807, 2.05) is 35.0 Å². The van der Waals surface area contributed by atoms with Crippen molar-refractivity contribution in [3.8, 4) is 17.2 Å². The molecule has 5 rings (SSSR count). The van der Waals surface area contributed by atoms with E-state index in [0.29, 0.717) is 37.6 Å². The molecule has 1 aliphatic heterocycles. The zero-order valence-corrected chi connectivity index (χ0v) is 14.8. The van der Waals surface area contributed by atoms with E-state index in [2.05, 4.69) is 35.8 Å². The molecule has 4 heterocycles. The van der Waals surface area contributed by atoms with Crippen molar-refractivity contribution in [2.24, 2.45) is 0 Å². The summed E-state index contributed by atoms with van der Waals surface area (Å²) in [7, 11) is 0. The number of aromatic nitrogens is 9. The largest absolute Gasteiger partial charge is 0.335 e. The lowest BCUT2D eigenvalue weighted by Gasteiger charge is -2.18. The monoisotopic (exact) mass is 376 g/mol. The van der Waals surface area contributed by atoms with Crippen molar-refractivity contribution >= 4 is 5.91 Å². The minimum atomic E-state index is -0.124. The lowest BCUT2D eigenvalue weighted by Crippen LogP contribution is -2.34. The number of rotatable bonds is 3. The first-order valence-electron chi connectivity index (χ1n) is 8.85. The summed E-state index contributed by atoms with van der Waals surface area (Å²) >= 11 is 0. The van der Waals surface area contributed by atoms with Crippen LogP contribution >= 0.6 is 0 Å². The average molecular weight is 376 g/mol. The molecule has 1 aromatic carbocycles. The lowest BCUT2D eigenvalue weighted by molar-refractivity contribution is 0.0752. The summed E-state index contributed by atoms with van der Waals surface area (Å²) in [5, 5.41) is 22.4.